The van der Waals surface area contributed by atoms with Gasteiger partial charge < -0.3 is 20.3 Å². The zero-order valence-corrected chi connectivity index (χ0v) is 23.1. The lowest BCUT2D eigenvalue weighted by atomic mass is 10.1. The molecule has 0 saturated heterocycles. The van der Waals surface area contributed by atoms with Crippen molar-refractivity contribution in [2.45, 2.75) is 62.9 Å². The molecule has 1 heterocycles. The van der Waals surface area contributed by atoms with Gasteiger partial charge in [0.25, 0.3) is 11.8 Å². The van der Waals surface area contributed by atoms with Crippen molar-refractivity contribution in [3.05, 3.63) is 59.2 Å². The van der Waals surface area contributed by atoms with Crippen LogP contribution in [0, 0.1) is 11.6 Å². The first-order chi connectivity index (χ1) is 18.9. The molecule has 41 heavy (non-hydrogen) atoms. The van der Waals surface area contributed by atoms with E-state index in [2.05, 4.69) is 10.6 Å². The van der Waals surface area contributed by atoms with Crippen molar-refractivity contribution in [3.8, 4) is 0 Å². The van der Waals surface area contributed by atoms with E-state index in [0.29, 0.717) is 11.6 Å². The standard InChI is InChI=1S/C26H28F5N3O6S/c1-25(2,3)40-24(37)33-19-14-41(38,39)21-12-18(28)17(22(35)32-10-4-9-26(29,30)31)11-20(21)34(23(19)36)13-15-5-7-16(27)8-6-15/h5-8,11-12,19H,4,9-10,13-14H2,1-3H3,(H,32,35)(H,33,37)/t19-/m0/s1. The van der Waals surface area contributed by atoms with Gasteiger partial charge in [0.2, 0.25) is 0 Å². The third-order valence-corrected chi connectivity index (χ3v) is 7.51. The molecule has 0 unspecified atom stereocenters. The van der Waals surface area contributed by atoms with Crippen molar-refractivity contribution in [2.75, 3.05) is 17.2 Å². The van der Waals surface area contributed by atoms with Crippen molar-refractivity contribution < 1.29 is 49.5 Å². The number of carbonyl (C=O) groups excluding carboxylic acids is 3. The number of nitrogens with one attached hydrogen (secondary N) is 2. The quantitative estimate of drug-likeness (QED) is 0.360. The van der Waals surface area contributed by atoms with Crippen LogP contribution in [0.4, 0.5) is 32.4 Å². The normalized spacial score (nSPS) is 16.9. The van der Waals surface area contributed by atoms with Gasteiger partial charge in [-0.2, -0.15) is 13.2 Å². The molecule has 2 aromatic rings. The predicted molar refractivity (Wildman–Crippen MR) is 137 cm³/mol. The van der Waals surface area contributed by atoms with Crippen LogP contribution >= 0.6 is 0 Å². The highest BCUT2D eigenvalue weighted by Gasteiger charge is 2.40. The highest BCUT2D eigenvalue weighted by atomic mass is 32.2. The van der Waals surface area contributed by atoms with Crippen LogP contribution in [-0.4, -0.2) is 56.4 Å². The Morgan fingerprint density at radius 2 is 1.71 bits per heavy atom. The fourth-order valence-electron chi connectivity index (χ4n) is 3.94. The molecule has 0 aliphatic carbocycles. The molecule has 9 nitrogen and oxygen atoms in total. The van der Waals surface area contributed by atoms with Gasteiger partial charge in [-0.25, -0.2) is 22.0 Å². The largest absolute Gasteiger partial charge is 0.444 e. The van der Waals surface area contributed by atoms with Crippen molar-refractivity contribution in [2.24, 2.45) is 0 Å². The Hall–Kier alpha value is -3.75. The molecule has 0 bridgehead atoms. The van der Waals surface area contributed by atoms with Gasteiger partial charge in [-0.3, -0.25) is 9.59 Å². The van der Waals surface area contributed by atoms with Crippen LogP contribution in [0.3, 0.4) is 0 Å². The SMILES string of the molecule is CC(C)(C)OC(=O)N[C@H]1CS(=O)(=O)c2cc(F)c(C(=O)NCCCC(F)(F)F)cc2N(Cc2ccc(F)cc2)C1=O. The molecule has 1 atom stereocenters. The van der Waals surface area contributed by atoms with Crippen molar-refractivity contribution in [1.82, 2.24) is 10.6 Å². The fourth-order valence-corrected chi connectivity index (χ4v) is 5.55. The summed E-state index contributed by atoms with van der Waals surface area (Å²) in [4.78, 5) is 39.0. The summed E-state index contributed by atoms with van der Waals surface area (Å²) in [6.07, 6.45) is -7.23. The summed E-state index contributed by atoms with van der Waals surface area (Å²) < 4.78 is 97.5. The summed E-state index contributed by atoms with van der Waals surface area (Å²) in [7, 11) is -4.47. The van der Waals surface area contributed by atoms with Crippen LogP contribution in [0.25, 0.3) is 0 Å². The number of ether oxygens (including phenoxy) is 1. The molecule has 224 valence electrons. The molecule has 0 spiro atoms. The molecular weight excluding hydrogens is 577 g/mol. The fraction of sp³-hybridized carbons (Fsp3) is 0.423. The minimum absolute atomic E-state index is 0.323. The van der Waals surface area contributed by atoms with E-state index in [1.165, 1.54) is 12.1 Å². The molecular formula is C26H28F5N3O6S. The lowest BCUT2D eigenvalue weighted by molar-refractivity contribution is -0.135. The Morgan fingerprint density at radius 3 is 2.29 bits per heavy atom. The number of alkyl halides is 3. The van der Waals surface area contributed by atoms with E-state index in [1.54, 1.807) is 20.8 Å². The summed E-state index contributed by atoms with van der Waals surface area (Å²) in [6, 6.07) is 4.47. The first-order valence-electron chi connectivity index (χ1n) is 12.3. The van der Waals surface area contributed by atoms with E-state index in [9.17, 15) is 40.4 Å². The number of benzene rings is 2. The third kappa shape index (κ3) is 8.62. The molecule has 0 aromatic heterocycles. The average molecular weight is 606 g/mol. The first-order valence-corrected chi connectivity index (χ1v) is 14.0. The van der Waals surface area contributed by atoms with Crippen LogP contribution in [0.15, 0.2) is 41.3 Å². The molecule has 0 radical (unpaired) electrons. The number of sulfone groups is 1. The molecule has 0 saturated carbocycles. The summed E-state index contributed by atoms with van der Waals surface area (Å²) in [5.41, 5.74) is -1.79. The summed E-state index contributed by atoms with van der Waals surface area (Å²) in [5, 5.41) is 4.37. The number of anilines is 1. The number of halogens is 5. The number of hydrogen-bond donors (Lipinski definition) is 2. The van der Waals surface area contributed by atoms with Gasteiger partial charge in [0, 0.05) is 13.0 Å². The third-order valence-electron chi connectivity index (χ3n) is 5.74. The molecule has 1 aliphatic rings. The Morgan fingerprint density at radius 1 is 1.07 bits per heavy atom. The zero-order chi connectivity index (χ0) is 30.8. The smallest absolute Gasteiger partial charge is 0.408 e. The van der Waals surface area contributed by atoms with Gasteiger partial charge in [-0.15, -0.1) is 0 Å². The van der Waals surface area contributed by atoms with Crippen molar-refractivity contribution >= 4 is 33.4 Å². The van der Waals surface area contributed by atoms with E-state index in [1.807, 2.05) is 0 Å². The van der Waals surface area contributed by atoms with Gasteiger partial charge in [-0.05, 0) is 57.0 Å². The van der Waals surface area contributed by atoms with Crippen LogP contribution in [-0.2, 0) is 25.9 Å². The average Bonchev–Trinajstić information content (AvgIpc) is 2.89. The highest BCUT2D eigenvalue weighted by molar-refractivity contribution is 7.91. The van der Waals surface area contributed by atoms with Gasteiger partial charge in [-0.1, -0.05) is 12.1 Å². The Balaban J connectivity index is 2.04. The number of hydrogen-bond acceptors (Lipinski definition) is 6. The number of rotatable bonds is 7. The van der Waals surface area contributed by atoms with E-state index < -0.39 is 98.5 Å². The maximum absolute atomic E-state index is 15.1. The Labute approximate surface area is 233 Å². The minimum Gasteiger partial charge on any atom is -0.444 e. The summed E-state index contributed by atoms with van der Waals surface area (Å²) in [5.74, 6) is -4.94. The molecule has 1 aliphatic heterocycles. The first kappa shape index (κ1) is 31.8. The monoisotopic (exact) mass is 605 g/mol. The molecule has 3 rings (SSSR count). The second kappa shape index (κ2) is 12.0. The number of carbonyl (C=O) groups is 3. The summed E-state index contributed by atoms with van der Waals surface area (Å²) in [6.45, 7) is 3.83. The Kier molecular flexibility index (Phi) is 9.30. The second-order valence-electron chi connectivity index (χ2n) is 10.3. The van der Waals surface area contributed by atoms with Crippen molar-refractivity contribution in [1.29, 1.82) is 0 Å². The molecule has 2 aromatic carbocycles. The van der Waals surface area contributed by atoms with E-state index in [4.69, 9.17) is 4.74 Å². The van der Waals surface area contributed by atoms with Gasteiger partial charge in [0.1, 0.15) is 23.3 Å². The minimum atomic E-state index is -4.47. The number of fused-ring (bicyclic) bond motifs is 1. The zero-order valence-electron chi connectivity index (χ0n) is 22.3. The lowest BCUT2D eigenvalue weighted by Crippen LogP contribution is -2.51. The van der Waals surface area contributed by atoms with E-state index >= 15 is 4.39 Å². The van der Waals surface area contributed by atoms with Crippen LogP contribution in [0.2, 0.25) is 0 Å². The number of alkyl carbamates (subject to hydrolysis) is 1. The van der Waals surface area contributed by atoms with E-state index in [-0.39, 0.29) is 6.54 Å². The molecule has 3 amide bonds. The van der Waals surface area contributed by atoms with Crippen LogP contribution < -0.4 is 15.5 Å². The van der Waals surface area contributed by atoms with Crippen LogP contribution in [0.5, 0.6) is 0 Å². The topological polar surface area (TPSA) is 122 Å². The van der Waals surface area contributed by atoms with Gasteiger partial charge in [0.15, 0.2) is 9.84 Å². The number of amides is 3. The van der Waals surface area contributed by atoms with Gasteiger partial charge >= 0.3 is 12.3 Å². The highest BCUT2D eigenvalue weighted by Crippen LogP contribution is 2.34. The van der Waals surface area contributed by atoms with Gasteiger partial charge in [0.05, 0.1) is 28.4 Å². The predicted octanol–water partition coefficient (Wildman–Crippen LogP) is 4.25. The molecule has 2 N–H and O–H groups in total. The molecule has 15 heteroatoms. The maximum atomic E-state index is 15.1. The Bertz CT molecular complexity index is 1420. The summed E-state index contributed by atoms with van der Waals surface area (Å²) >= 11 is 0. The van der Waals surface area contributed by atoms with E-state index in [0.717, 1.165) is 23.1 Å². The van der Waals surface area contributed by atoms with Crippen LogP contribution in [0.1, 0.15) is 49.5 Å². The molecule has 0 fully saturated rings. The number of nitrogens with zero attached hydrogens (tertiary/aromatic N) is 1. The van der Waals surface area contributed by atoms with Crippen molar-refractivity contribution in [3.63, 3.8) is 0 Å². The second-order valence-corrected chi connectivity index (χ2v) is 12.3. The maximum Gasteiger partial charge on any atom is 0.408 e. The lowest BCUT2D eigenvalue weighted by Gasteiger charge is -2.27.